The Morgan fingerprint density at radius 1 is 0.483 bits per heavy atom. The van der Waals surface area contributed by atoms with Gasteiger partial charge in [-0.15, -0.1) is 0 Å². The summed E-state index contributed by atoms with van der Waals surface area (Å²) in [7, 11) is 0.213. The van der Waals surface area contributed by atoms with Crippen LogP contribution in [0.15, 0.2) is 152 Å². The van der Waals surface area contributed by atoms with Crippen LogP contribution in [0.5, 0.6) is 23.0 Å². The second kappa shape index (κ2) is 20.8. The molecule has 314 valence electrons. The maximum Gasteiger partial charge on any atom is 0.320 e. The van der Waals surface area contributed by atoms with Crippen LogP contribution >= 0.6 is 0 Å². The minimum atomic E-state index is -2.99. The van der Waals surface area contributed by atoms with E-state index in [0.29, 0.717) is 23.9 Å². The number of aromatic hydroxyl groups is 1. The van der Waals surface area contributed by atoms with Gasteiger partial charge in [-0.25, -0.2) is 0 Å². The Bertz CT molecular complexity index is 2050. The second-order valence-corrected chi connectivity index (χ2v) is 21.0. The molecule has 6 aromatic rings. The summed E-state index contributed by atoms with van der Waals surface area (Å²) >= 11 is 0. The van der Waals surface area contributed by atoms with Crippen molar-refractivity contribution < 1.29 is 23.7 Å². The molecular formula is C54H64O5Si. The number of phenols is 1. The monoisotopic (exact) mass is 820 g/mol. The summed E-state index contributed by atoms with van der Waals surface area (Å²) in [5.41, 5.74) is 4.51. The molecule has 0 aromatic heterocycles. The highest BCUT2D eigenvalue weighted by atomic mass is 28.4. The predicted octanol–water partition coefficient (Wildman–Crippen LogP) is 12.3. The van der Waals surface area contributed by atoms with Crippen molar-refractivity contribution >= 4 is 18.7 Å². The van der Waals surface area contributed by atoms with E-state index < -0.39 is 13.9 Å². The third-order valence-electron chi connectivity index (χ3n) is 12.0. The topological polar surface area (TPSA) is 57.2 Å². The van der Waals surface area contributed by atoms with Gasteiger partial charge in [0.2, 0.25) is 11.5 Å². The molecule has 0 heterocycles. The van der Waals surface area contributed by atoms with Crippen LogP contribution in [0.4, 0.5) is 0 Å². The van der Waals surface area contributed by atoms with Gasteiger partial charge in [0.25, 0.3) is 0 Å². The summed E-state index contributed by atoms with van der Waals surface area (Å²) in [6, 6.07) is 53.1. The Balaban J connectivity index is 1.08. The van der Waals surface area contributed by atoms with Crippen LogP contribution in [0.1, 0.15) is 100.0 Å². The largest absolute Gasteiger partial charge is 0.531 e. The van der Waals surface area contributed by atoms with Crippen molar-refractivity contribution in [2.45, 2.75) is 96.1 Å². The molecule has 6 aromatic carbocycles. The van der Waals surface area contributed by atoms with Crippen LogP contribution < -0.4 is 24.3 Å². The smallest absolute Gasteiger partial charge is 0.320 e. The van der Waals surface area contributed by atoms with E-state index in [-0.39, 0.29) is 10.8 Å². The lowest BCUT2D eigenvalue weighted by atomic mass is 9.80. The molecule has 0 saturated heterocycles. The van der Waals surface area contributed by atoms with Crippen molar-refractivity contribution in [2.24, 2.45) is 0 Å². The molecule has 0 radical (unpaired) electrons. The van der Waals surface area contributed by atoms with Crippen LogP contribution in [-0.2, 0) is 16.8 Å². The number of rotatable bonds is 21. The van der Waals surface area contributed by atoms with Crippen molar-refractivity contribution in [3.05, 3.63) is 179 Å². The summed E-state index contributed by atoms with van der Waals surface area (Å²) in [6.45, 7) is 9.53. The quantitative estimate of drug-likeness (QED) is 0.0445. The Kier molecular flexibility index (Phi) is 15.3. The Labute approximate surface area is 360 Å². The SMILES string of the molecule is COc1c(O)c(CCCCCCCCCCOC(c2ccccc2)(c2ccccc2)c2ccccc2)c(C)c(O[Si](c2ccccc2)(c2ccccc2)C(C)(C)C)c1OC. The van der Waals surface area contributed by atoms with Gasteiger partial charge in [-0.1, -0.05) is 211 Å². The van der Waals surface area contributed by atoms with Gasteiger partial charge in [0, 0.05) is 17.7 Å². The van der Waals surface area contributed by atoms with Gasteiger partial charge in [0.15, 0.2) is 11.5 Å². The Hall–Kier alpha value is -5.30. The van der Waals surface area contributed by atoms with Gasteiger partial charge < -0.3 is 23.7 Å². The number of hydrogen-bond donors (Lipinski definition) is 1. The fraction of sp³-hybridized carbons (Fsp3) is 0.333. The van der Waals surface area contributed by atoms with Crippen LogP contribution in [0.3, 0.4) is 0 Å². The third-order valence-corrected chi connectivity index (χ3v) is 16.9. The number of hydrogen-bond acceptors (Lipinski definition) is 5. The summed E-state index contributed by atoms with van der Waals surface area (Å²) in [6.07, 6.45) is 9.58. The first-order valence-corrected chi connectivity index (χ1v) is 23.7. The van der Waals surface area contributed by atoms with Crippen molar-refractivity contribution in [3.8, 4) is 23.0 Å². The normalized spacial score (nSPS) is 12.0. The maximum atomic E-state index is 11.6. The number of methoxy groups -OCH3 is 2. The van der Waals surface area contributed by atoms with Gasteiger partial charge in [-0.3, -0.25) is 0 Å². The van der Waals surface area contributed by atoms with Crippen molar-refractivity contribution in [3.63, 3.8) is 0 Å². The number of benzene rings is 6. The molecule has 0 spiro atoms. The standard InChI is InChI=1S/C54H64O5Si/c1-42-48(49(55)51(56-5)52(57-6)50(42)59-60(53(2,3)4,46-36-24-16-25-37-46)47-38-26-17-27-39-47)40-28-11-9-7-8-10-12-29-41-58-54(43-30-18-13-19-31-43,44-32-20-14-21-33-44)45-34-22-15-23-35-45/h13-27,30-39,55H,7-12,28-29,40-41H2,1-6H3. The highest BCUT2D eigenvalue weighted by Gasteiger charge is 2.53. The van der Waals surface area contributed by atoms with Crippen LogP contribution in [0, 0.1) is 6.92 Å². The number of unbranched alkanes of at least 4 members (excludes halogenated alkanes) is 7. The molecule has 60 heavy (non-hydrogen) atoms. The maximum absolute atomic E-state index is 11.6. The van der Waals surface area contributed by atoms with E-state index in [9.17, 15) is 5.11 Å². The lowest BCUT2D eigenvalue weighted by Gasteiger charge is -2.43. The lowest BCUT2D eigenvalue weighted by Crippen LogP contribution is -2.69. The average Bonchev–Trinajstić information content (AvgIpc) is 3.28. The molecular weight excluding hydrogens is 757 g/mol. The summed E-state index contributed by atoms with van der Waals surface area (Å²) < 4.78 is 26.4. The van der Waals surface area contributed by atoms with E-state index in [4.69, 9.17) is 18.6 Å². The fourth-order valence-electron chi connectivity index (χ4n) is 8.90. The Morgan fingerprint density at radius 2 is 0.867 bits per heavy atom. The molecule has 6 heteroatoms. The molecule has 0 aliphatic carbocycles. The molecule has 0 aliphatic rings. The summed E-state index contributed by atoms with van der Waals surface area (Å²) in [5.74, 6) is 1.54. The van der Waals surface area contributed by atoms with Crippen LogP contribution in [0.25, 0.3) is 0 Å². The average molecular weight is 821 g/mol. The minimum absolute atomic E-state index is 0.139. The van der Waals surface area contributed by atoms with Crippen LogP contribution in [-0.4, -0.2) is 34.3 Å². The Morgan fingerprint density at radius 3 is 1.27 bits per heavy atom. The van der Waals surface area contributed by atoms with E-state index >= 15 is 0 Å². The van der Waals surface area contributed by atoms with Gasteiger partial charge in [0.1, 0.15) is 5.60 Å². The van der Waals surface area contributed by atoms with Crippen LogP contribution in [0.2, 0.25) is 5.04 Å². The van der Waals surface area contributed by atoms with Crippen molar-refractivity contribution in [2.75, 3.05) is 20.8 Å². The summed E-state index contributed by atoms with van der Waals surface area (Å²) in [5, 5.41) is 13.7. The molecule has 0 bridgehead atoms. The minimum Gasteiger partial charge on any atom is -0.531 e. The zero-order valence-corrected chi connectivity index (χ0v) is 37.6. The molecule has 6 rings (SSSR count). The third kappa shape index (κ3) is 9.51. The molecule has 0 atom stereocenters. The van der Waals surface area contributed by atoms with E-state index in [1.165, 1.54) is 29.6 Å². The second-order valence-electron chi connectivity index (χ2n) is 16.8. The highest BCUT2D eigenvalue weighted by molar-refractivity contribution is 7.00. The molecule has 0 unspecified atom stereocenters. The first-order valence-electron chi connectivity index (χ1n) is 21.8. The van der Waals surface area contributed by atoms with Gasteiger partial charge in [-0.2, -0.15) is 0 Å². The number of ether oxygens (including phenoxy) is 3. The van der Waals surface area contributed by atoms with E-state index in [2.05, 4.69) is 179 Å². The number of phenolic OH excluding ortho intramolecular Hbond substituents is 1. The highest BCUT2D eigenvalue weighted by Crippen LogP contribution is 2.51. The lowest BCUT2D eigenvalue weighted by molar-refractivity contribution is 0.0106. The molecule has 0 amide bonds. The molecule has 0 saturated carbocycles. The summed E-state index contributed by atoms with van der Waals surface area (Å²) in [4.78, 5) is 0. The van der Waals surface area contributed by atoms with Gasteiger partial charge >= 0.3 is 8.32 Å². The van der Waals surface area contributed by atoms with Crippen molar-refractivity contribution in [1.82, 2.24) is 0 Å². The predicted molar refractivity (Wildman–Crippen MR) is 250 cm³/mol. The molecule has 1 N–H and O–H groups in total. The first-order chi connectivity index (χ1) is 29.2. The zero-order chi connectivity index (χ0) is 42.4. The van der Waals surface area contributed by atoms with Crippen molar-refractivity contribution in [1.29, 1.82) is 0 Å². The first kappa shape index (κ1) is 44.3. The molecule has 5 nitrogen and oxygen atoms in total. The fourth-order valence-corrected chi connectivity index (χ4v) is 13.4. The van der Waals surface area contributed by atoms with E-state index in [0.717, 1.165) is 66.3 Å². The van der Waals surface area contributed by atoms with Gasteiger partial charge in [0.05, 0.1) is 14.2 Å². The van der Waals surface area contributed by atoms with Gasteiger partial charge in [-0.05, 0) is 58.3 Å². The van der Waals surface area contributed by atoms with E-state index in [1.807, 2.05) is 0 Å². The zero-order valence-electron chi connectivity index (χ0n) is 36.6. The van der Waals surface area contributed by atoms with E-state index in [1.54, 1.807) is 14.2 Å². The molecule has 0 aliphatic heterocycles. The molecule has 0 fully saturated rings.